The molecule has 0 radical (unpaired) electrons. The number of rotatable bonds is 4. The molecule has 2 unspecified atom stereocenters. The molecule has 1 rings (SSSR count). The summed E-state index contributed by atoms with van der Waals surface area (Å²) in [5, 5.41) is 12.8. The average Bonchev–Trinajstić information content (AvgIpc) is 2.55. The van der Waals surface area contributed by atoms with Gasteiger partial charge in [-0.2, -0.15) is 0 Å². The van der Waals surface area contributed by atoms with Crippen molar-refractivity contribution in [3.05, 3.63) is 0 Å². The van der Waals surface area contributed by atoms with Crippen LogP contribution < -0.4 is 11.1 Å². The number of aliphatic hydroxyl groups is 1. The summed E-state index contributed by atoms with van der Waals surface area (Å²) in [6.07, 6.45) is 0.300. The maximum absolute atomic E-state index is 11.6. The summed E-state index contributed by atoms with van der Waals surface area (Å²) in [5.74, 6) is -0.130. The zero-order chi connectivity index (χ0) is 12.3. The lowest BCUT2D eigenvalue weighted by molar-refractivity contribution is -0.125. The van der Waals surface area contributed by atoms with E-state index in [0.717, 1.165) is 0 Å². The monoisotopic (exact) mass is 230 g/mol. The zero-order valence-electron chi connectivity index (χ0n) is 10.2. The van der Waals surface area contributed by atoms with Crippen LogP contribution in [0.2, 0.25) is 0 Å². The van der Waals surface area contributed by atoms with Crippen molar-refractivity contribution in [2.24, 2.45) is 11.7 Å². The minimum atomic E-state index is -0.952. The van der Waals surface area contributed by atoms with Crippen molar-refractivity contribution >= 4 is 5.91 Å². The fraction of sp³-hybridized carbons (Fsp3) is 0.909. The zero-order valence-corrected chi connectivity index (χ0v) is 10.2. The third-order valence-electron chi connectivity index (χ3n) is 3.25. The Morgan fingerprint density at radius 3 is 2.75 bits per heavy atom. The van der Waals surface area contributed by atoms with Gasteiger partial charge in [0, 0.05) is 19.6 Å². The Morgan fingerprint density at radius 2 is 2.31 bits per heavy atom. The SMILES string of the molecule is CC(C)[C@H](N)C(=O)NCC1(O)CCOC1C. The molecule has 4 N–H and O–H groups in total. The van der Waals surface area contributed by atoms with E-state index in [-0.39, 0.29) is 24.5 Å². The molecule has 0 aromatic rings. The largest absolute Gasteiger partial charge is 0.385 e. The second-order valence-electron chi connectivity index (χ2n) is 4.85. The van der Waals surface area contributed by atoms with Gasteiger partial charge in [-0.15, -0.1) is 0 Å². The summed E-state index contributed by atoms with van der Waals surface area (Å²) in [5.41, 5.74) is 4.75. The molecule has 1 saturated heterocycles. The van der Waals surface area contributed by atoms with Crippen LogP contribution in [0.1, 0.15) is 27.2 Å². The third kappa shape index (κ3) is 2.93. The first-order chi connectivity index (χ1) is 7.37. The topological polar surface area (TPSA) is 84.6 Å². The molecule has 5 nitrogen and oxygen atoms in total. The second kappa shape index (κ2) is 5.12. The summed E-state index contributed by atoms with van der Waals surface area (Å²) in [6.45, 7) is 6.32. The van der Waals surface area contributed by atoms with Gasteiger partial charge in [0.1, 0.15) is 5.60 Å². The number of amides is 1. The maximum Gasteiger partial charge on any atom is 0.237 e. The van der Waals surface area contributed by atoms with E-state index in [0.29, 0.717) is 13.0 Å². The lowest BCUT2D eigenvalue weighted by Crippen LogP contribution is -2.52. The van der Waals surface area contributed by atoms with Gasteiger partial charge in [-0.3, -0.25) is 4.79 Å². The summed E-state index contributed by atoms with van der Waals surface area (Å²) in [6, 6.07) is -0.527. The first-order valence-corrected chi connectivity index (χ1v) is 5.74. The van der Waals surface area contributed by atoms with Gasteiger partial charge >= 0.3 is 0 Å². The van der Waals surface area contributed by atoms with E-state index in [1.54, 1.807) is 0 Å². The number of nitrogens with two attached hydrogens (primary N) is 1. The highest BCUT2D eigenvalue weighted by Gasteiger charge is 2.39. The molecule has 0 aromatic heterocycles. The van der Waals surface area contributed by atoms with Crippen LogP contribution in [0.15, 0.2) is 0 Å². The van der Waals surface area contributed by atoms with E-state index in [4.69, 9.17) is 10.5 Å². The quantitative estimate of drug-likeness (QED) is 0.615. The number of nitrogens with one attached hydrogen (secondary N) is 1. The highest BCUT2D eigenvalue weighted by molar-refractivity contribution is 5.81. The molecule has 0 spiro atoms. The Hall–Kier alpha value is -0.650. The predicted molar refractivity (Wildman–Crippen MR) is 60.8 cm³/mol. The standard InChI is InChI=1S/C11H22N2O3/c1-7(2)9(12)10(14)13-6-11(15)4-5-16-8(11)3/h7-9,15H,4-6,12H2,1-3H3,(H,13,14)/t8?,9-,11?/m0/s1. The highest BCUT2D eigenvalue weighted by Crippen LogP contribution is 2.24. The van der Waals surface area contributed by atoms with E-state index in [1.807, 2.05) is 20.8 Å². The molecule has 0 aromatic carbocycles. The van der Waals surface area contributed by atoms with Gasteiger partial charge in [-0.1, -0.05) is 13.8 Å². The number of hydrogen-bond donors (Lipinski definition) is 3. The Balaban J connectivity index is 2.42. The van der Waals surface area contributed by atoms with Crippen LogP contribution in [0.5, 0.6) is 0 Å². The van der Waals surface area contributed by atoms with Gasteiger partial charge in [-0.25, -0.2) is 0 Å². The number of carbonyl (C=O) groups excluding carboxylic acids is 1. The van der Waals surface area contributed by atoms with Crippen molar-refractivity contribution in [1.29, 1.82) is 0 Å². The van der Waals surface area contributed by atoms with Crippen molar-refractivity contribution in [2.75, 3.05) is 13.2 Å². The Morgan fingerprint density at radius 1 is 1.69 bits per heavy atom. The summed E-state index contributed by atoms with van der Waals surface area (Å²) in [7, 11) is 0. The van der Waals surface area contributed by atoms with E-state index in [9.17, 15) is 9.90 Å². The van der Waals surface area contributed by atoms with Crippen molar-refractivity contribution < 1.29 is 14.6 Å². The summed E-state index contributed by atoms with van der Waals surface area (Å²) in [4.78, 5) is 11.6. The molecular formula is C11H22N2O3. The molecular weight excluding hydrogens is 208 g/mol. The van der Waals surface area contributed by atoms with Gasteiger partial charge in [0.15, 0.2) is 0 Å². The van der Waals surface area contributed by atoms with E-state index in [1.165, 1.54) is 0 Å². The molecule has 5 heteroatoms. The smallest absolute Gasteiger partial charge is 0.237 e. The Labute approximate surface area is 96.3 Å². The minimum absolute atomic E-state index is 0.0897. The summed E-state index contributed by atoms with van der Waals surface area (Å²) >= 11 is 0. The first-order valence-electron chi connectivity index (χ1n) is 5.74. The van der Waals surface area contributed by atoms with Crippen molar-refractivity contribution in [2.45, 2.75) is 44.9 Å². The third-order valence-corrected chi connectivity index (χ3v) is 3.25. The van der Waals surface area contributed by atoms with Gasteiger partial charge in [0.25, 0.3) is 0 Å². The molecule has 0 aliphatic carbocycles. The number of carbonyl (C=O) groups is 1. The second-order valence-corrected chi connectivity index (χ2v) is 4.85. The molecule has 1 heterocycles. The molecule has 3 atom stereocenters. The van der Waals surface area contributed by atoms with Gasteiger partial charge in [0.05, 0.1) is 12.1 Å². The van der Waals surface area contributed by atoms with Crippen LogP contribution in [0.3, 0.4) is 0 Å². The van der Waals surface area contributed by atoms with E-state index >= 15 is 0 Å². The van der Waals surface area contributed by atoms with Crippen LogP contribution in [-0.4, -0.2) is 41.9 Å². The molecule has 1 fully saturated rings. The molecule has 94 valence electrons. The van der Waals surface area contributed by atoms with Gasteiger partial charge in [0.2, 0.25) is 5.91 Å². The van der Waals surface area contributed by atoms with Crippen LogP contribution in [0, 0.1) is 5.92 Å². The average molecular weight is 230 g/mol. The molecule has 0 saturated carbocycles. The molecule has 1 aliphatic rings. The van der Waals surface area contributed by atoms with Gasteiger partial charge in [-0.05, 0) is 12.8 Å². The fourth-order valence-corrected chi connectivity index (χ4v) is 1.66. The van der Waals surface area contributed by atoms with Crippen molar-refractivity contribution in [3.8, 4) is 0 Å². The van der Waals surface area contributed by atoms with Crippen molar-refractivity contribution in [3.63, 3.8) is 0 Å². The van der Waals surface area contributed by atoms with Crippen LogP contribution in [0.25, 0.3) is 0 Å². The first kappa shape index (κ1) is 13.4. The Bertz CT molecular complexity index is 258. The highest BCUT2D eigenvalue weighted by atomic mass is 16.5. The molecule has 0 bridgehead atoms. The van der Waals surface area contributed by atoms with Crippen LogP contribution in [0.4, 0.5) is 0 Å². The molecule has 1 aliphatic heterocycles. The Kier molecular flexibility index (Phi) is 4.29. The van der Waals surface area contributed by atoms with Crippen molar-refractivity contribution in [1.82, 2.24) is 5.32 Å². The van der Waals surface area contributed by atoms with Crippen LogP contribution in [-0.2, 0) is 9.53 Å². The minimum Gasteiger partial charge on any atom is -0.385 e. The van der Waals surface area contributed by atoms with Gasteiger partial charge < -0.3 is 20.9 Å². The molecule has 1 amide bonds. The maximum atomic E-state index is 11.6. The summed E-state index contributed by atoms with van der Waals surface area (Å²) < 4.78 is 5.28. The fourth-order valence-electron chi connectivity index (χ4n) is 1.66. The van der Waals surface area contributed by atoms with E-state index < -0.39 is 11.6 Å². The number of hydrogen-bond acceptors (Lipinski definition) is 4. The predicted octanol–water partition coefficient (Wildman–Crippen LogP) is -0.374. The van der Waals surface area contributed by atoms with Crippen LogP contribution >= 0.6 is 0 Å². The molecule has 16 heavy (non-hydrogen) atoms. The lowest BCUT2D eigenvalue weighted by Gasteiger charge is -2.27. The normalized spacial score (nSPS) is 31.8. The number of ether oxygens (including phenoxy) is 1. The lowest BCUT2D eigenvalue weighted by atomic mass is 9.96. The van der Waals surface area contributed by atoms with E-state index in [2.05, 4.69) is 5.32 Å².